The number of thioether (sulfide) groups is 1. The van der Waals surface area contributed by atoms with Crippen molar-refractivity contribution in [1.82, 2.24) is 0 Å². The Bertz CT molecular complexity index is 141. The molecule has 0 radical (unpaired) electrons. The van der Waals surface area contributed by atoms with Crippen LogP contribution in [-0.2, 0) is 0 Å². The minimum atomic E-state index is 0.368. The van der Waals surface area contributed by atoms with Crippen molar-refractivity contribution in [2.45, 2.75) is 26.8 Å². The van der Waals surface area contributed by atoms with E-state index in [1.165, 1.54) is 0 Å². The van der Waals surface area contributed by atoms with Crippen LogP contribution in [0.2, 0.25) is 0 Å². The molecule has 1 nitrogen and oxygen atoms in total. The van der Waals surface area contributed by atoms with Crippen LogP contribution < -0.4 is 0 Å². The zero-order valence-corrected chi connectivity index (χ0v) is 8.87. The molecule has 0 aromatic carbocycles. The second kappa shape index (κ2) is 5.98. The molecule has 0 N–H and O–H groups in total. The van der Waals surface area contributed by atoms with E-state index in [1.807, 2.05) is 18.4 Å². The summed E-state index contributed by atoms with van der Waals surface area (Å²) in [7, 11) is 0. The predicted octanol–water partition coefficient (Wildman–Crippen LogP) is 3.41. The molecule has 0 bridgehead atoms. The van der Waals surface area contributed by atoms with Gasteiger partial charge in [0, 0.05) is 6.04 Å². The van der Waals surface area contributed by atoms with Crippen LogP contribution in [0.5, 0.6) is 0 Å². The van der Waals surface area contributed by atoms with Crippen LogP contribution in [0, 0.1) is 0 Å². The van der Waals surface area contributed by atoms with Crippen molar-refractivity contribution >= 4 is 31.6 Å². The summed E-state index contributed by atoms with van der Waals surface area (Å²) in [6.07, 6.45) is 1.99. The summed E-state index contributed by atoms with van der Waals surface area (Å²) in [5.74, 6) is 0. The van der Waals surface area contributed by atoms with Crippen molar-refractivity contribution < 1.29 is 0 Å². The lowest BCUT2D eigenvalue weighted by molar-refractivity contribution is 0.842. The van der Waals surface area contributed by atoms with E-state index in [1.54, 1.807) is 11.8 Å². The second-order valence-electron chi connectivity index (χ2n) is 2.06. The topological polar surface area (TPSA) is 12.4 Å². The summed E-state index contributed by atoms with van der Waals surface area (Å²) in [5, 5.41) is 2.00. The third-order valence-electron chi connectivity index (χ3n) is 0.661. The van der Waals surface area contributed by atoms with Crippen LogP contribution in [0.1, 0.15) is 20.8 Å². The summed E-state index contributed by atoms with van der Waals surface area (Å²) in [6.45, 7) is 6.09. The van der Waals surface area contributed by atoms with Crippen molar-refractivity contribution in [3.8, 4) is 0 Å². The van der Waals surface area contributed by atoms with E-state index in [4.69, 9.17) is 0 Å². The Morgan fingerprint density at radius 2 is 2.20 bits per heavy atom. The number of halogens is 1. The van der Waals surface area contributed by atoms with Gasteiger partial charge in [-0.2, -0.15) is 0 Å². The minimum absolute atomic E-state index is 0.368. The van der Waals surface area contributed by atoms with Crippen LogP contribution in [0.4, 0.5) is 0 Å². The van der Waals surface area contributed by atoms with E-state index in [-0.39, 0.29) is 0 Å². The molecular formula is C7H12BrNS. The van der Waals surface area contributed by atoms with E-state index < -0.39 is 0 Å². The zero-order valence-electron chi connectivity index (χ0n) is 6.47. The summed E-state index contributed by atoms with van der Waals surface area (Å²) in [5.41, 5.74) is 0. The molecule has 0 aliphatic heterocycles. The molecule has 0 heterocycles. The number of rotatable bonds is 2. The molecule has 0 aromatic heterocycles. The number of allylic oxidation sites excluding steroid dienone is 1. The number of aliphatic imine (C=N–C) groups is 1. The van der Waals surface area contributed by atoms with Crippen molar-refractivity contribution in [2.24, 2.45) is 4.99 Å². The van der Waals surface area contributed by atoms with Gasteiger partial charge >= 0.3 is 0 Å². The molecule has 0 amide bonds. The molecule has 0 saturated heterocycles. The maximum atomic E-state index is 4.26. The standard InChI is InChI=1S/C7H12BrNS/c1-4-5-10-7(8)9-6(2)3/h4-6H,1-3H3/b5-4+,9-7?. The smallest absolute Gasteiger partial charge is 0.138 e. The van der Waals surface area contributed by atoms with E-state index in [9.17, 15) is 0 Å². The summed E-state index contributed by atoms with van der Waals surface area (Å²) < 4.78 is 0.945. The maximum Gasteiger partial charge on any atom is 0.138 e. The molecule has 0 atom stereocenters. The number of hydrogen-bond donors (Lipinski definition) is 0. The van der Waals surface area contributed by atoms with Crippen molar-refractivity contribution in [3.05, 3.63) is 11.5 Å². The van der Waals surface area contributed by atoms with Gasteiger partial charge in [0.25, 0.3) is 0 Å². The Hall–Kier alpha value is 0.240. The lowest BCUT2D eigenvalue weighted by Crippen LogP contribution is -1.89. The molecule has 0 unspecified atom stereocenters. The van der Waals surface area contributed by atoms with Crippen molar-refractivity contribution in [1.29, 1.82) is 0 Å². The van der Waals surface area contributed by atoms with Gasteiger partial charge in [0.05, 0.1) is 0 Å². The number of nitrogens with zero attached hydrogens (tertiary/aromatic N) is 1. The Kier molecular flexibility index (Phi) is 6.13. The number of hydrogen-bond acceptors (Lipinski definition) is 2. The van der Waals surface area contributed by atoms with Crippen LogP contribution in [-0.4, -0.2) is 9.99 Å². The molecule has 0 spiro atoms. The molecule has 0 aliphatic carbocycles. The van der Waals surface area contributed by atoms with Crippen molar-refractivity contribution in [2.75, 3.05) is 0 Å². The second-order valence-corrected chi connectivity index (χ2v) is 4.23. The zero-order chi connectivity index (χ0) is 7.98. The first-order chi connectivity index (χ1) is 4.66. The largest absolute Gasteiger partial charge is 0.268 e. The fourth-order valence-corrected chi connectivity index (χ4v) is 1.61. The Morgan fingerprint density at radius 1 is 1.60 bits per heavy atom. The first-order valence-electron chi connectivity index (χ1n) is 3.18. The summed E-state index contributed by atoms with van der Waals surface area (Å²) >= 11 is 4.93. The maximum absolute atomic E-state index is 4.26. The van der Waals surface area contributed by atoms with Gasteiger partial charge in [0.2, 0.25) is 0 Å². The first-order valence-corrected chi connectivity index (χ1v) is 4.85. The predicted molar refractivity (Wildman–Crippen MR) is 53.9 cm³/mol. The van der Waals surface area contributed by atoms with Gasteiger partial charge in [-0.05, 0) is 42.1 Å². The van der Waals surface area contributed by atoms with E-state index in [2.05, 4.69) is 34.8 Å². The van der Waals surface area contributed by atoms with Crippen molar-refractivity contribution in [3.63, 3.8) is 0 Å². The van der Waals surface area contributed by atoms with Gasteiger partial charge in [-0.25, -0.2) is 0 Å². The van der Waals surface area contributed by atoms with Crippen LogP contribution in [0.15, 0.2) is 16.5 Å². The first kappa shape index (κ1) is 10.2. The van der Waals surface area contributed by atoms with Gasteiger partial charge in [0.1, 0.15) is 3.95 Å². The van der Waals surface area contributed by atoms with Gasteiger partial charge in [0.15, 0.2) is 0 Å². The lowest BCUT2D eigenvalue weighted by atomic mass is 10.4. The van der Waals surface area contributed by atoms with E-state index in [0.29, 0.717) is 6.04 Å². The Morgan fingerprint density at radius 3 is 2.60 bits per heavy atom. The fourth-order valence-electron chi connectivity index (χ4n) is 0.358. The van der Waals surface area contributed by atoms with E-state index >= 15 is 0 Å². The quantitative estimate of drug-likeness (QED) is 0.515. The summed E-state index contributed by atoms with van der Waals surface area (Å²) in [6, 6.07) is 0.368. The highest BCUT2D eigenvalue weighted by Crippen LogP contribution is 2.12. The minimum Gasteiger partial charge on any atom is -0.268 e. The van der Waals surface area contributed by atoms with Crippen LogP contribution >= 0.6 is 27.7 Å². The molecule has 10 heavy (non-hydrogen) atoms. The average molecular weight is 222 g/mol. The van der Waals surface area contributed by atoms with Gasteiger partial charge in [-0.3, -0.25) is 4.99 Å². The van der Waals surface area contributed by atoms with Crippen LogP contribution in [0.3, 0.4) is 0 Å². The Balaban J connectivity index is 3.71. The highest BCUT2D eigenvalue weighted by molar-refractivity contribution is 9.22. The Labute approximate surface area is 75.1 Å². The third kappa shape index (κ3) is 6.36. The molecule has 58 valence electrons. The van der Waals surface area contributed by atoms with Gasteiger partial charge in [-0.1, -0.05) is 17.8 Å². The van der Waals surface area contributed by atoms with Crippen LogP contribution in [0.25, 0.3) is 0 Å². The highest BCUT2D eigenvalue weighted by atomic mass is 79.9. The molecule has 0 aromatic rings. The molecule has 0 aliphatic rings. The lowest BCUT2D eigenvalue weighted by Gasteiger charge is -1.96. The average Bonchev–Trinajstić information content (AvgIpc) is 1.82. The highest BCUT2D eigenvalue weighted by Gasteiger charge is 1.91. The third-order valence-corrected chi connectivity index (χ3v) is 2.13. The SMILES string of the molecule is C/C=C/SC(Br)=NC(C)C. The van der Waals surface area contributed by atoms with Gasteiger partial charge in [-0.15, -0.1) is 0 Å². The summed E-state index contributed by atoms with van der Waals surface area (Å²) in [4.78, 5) is 4.26. The molecule has 0 saturated carbocycles. The normalized spacial score (nSPS) is 13.5. The molecule has 0 rings (SSSR count). The van der Waals surface area contributed by atoms with Gasteiger partial charge < -0.3 is 0 Å². The molecule has 0 fully saturated rings. The van der Waals surface area contributed by atoms with E-state index in [0.717, 1.165) is 3.95 Å². The molecule has 3 heteroatoms. The monoisotopic (exact) mass is 221 g/mol. The molecular weight excluding hydrogens is 210 g/mol. The fraction of sp³-hybridized carbons (Fsp3) is 0.571.